The number of aromatic nitrogens is 4. The Labute approximate surface area is 141 Å². The lowest BCUT2D eigenvalue weighted by molar-refractivity contribution is 0.970. The van der Waals surface area contributed by atoms with E-state index in [0.717, 1.165) is 27.2 Å². The zero-order valence-corrected chi connectivity index (χ0v) is 13.8. The maximum absolute atomic E-state index is 6.17. The van der Waals surface area contributed by atoms with Crippen LogP contribution in [-0.2, 0) is 0 Å². The van der Waals surface area contributed by atoms with Gasteiger partial charge in [0.15, 0.2) is 5.82 Å². The van der Waals surface area contributed by atoms with Crippen molar-refractivity contribution in [2.24, 2.45) is 0 Å². The van der Waals surface area contributed by atoms with E-state index < -0.39 is 0 Å². The van der Waals surface area contributed by atoms with E-state index in [0.29, 0.717) is 5.02 Å². The van der Waals surface area contributed by atoms with Gasteiger partial charge in [-0.15, -0.1) is 15.3 Å². The van der Waals surface area contributed by atoms with Crippen LogP contribution in [0.15, 0.2) is 48.5 Å². The highest BCUT2D eigenvalue weighted by molar-refractivity contribution is 7.20. The number of benzene rings is 2. The molecule has 0 aliphatic carbocycles. The van der Waals surface area contributed by atoms with E-state index in [1.165, 1.54) is 16.9 Å². The maximum atomic E-state index is 6.17. The SMILES string of the molecule is Cc1ccc(-c2nnc3sc(Nc4ccccc4Cl)nn23)cc1. The molecule has 23 heavy (non-hydrogen) atoms. The van der Waals surface area contributed by atoms with Gasteiger partial charge in [-0.3, -0.25) is 0 Å². The Hall–Kier alpha value is -2.44. The van der Waals surface area contributed by atoms with Crippen LogP contribution in [0.5, 0.6) is 0 Å². The van der Waals surface area contributed by atoms with Gasteiger partial charge in [0.05, 0.1) is 10.7 Å². The van der Waals surface area contributed by atoms with Gasteiger partial charge in [0, 0.05) is 5.56 Å². The summed E-state index contributed by atoms with van der Waals surface area (Å²) in [7, 11) is 0. The largest absolute Gasteiger partial charge is 0.329 e. The number of anilines is 2. The molecule has 114 valence electrons. The molecule has 2 aromatic carbocycles. The van der Waals surface area contributed by atoms with Gasteiger partial charge in [0.1, 0.15) is 0 Å². The van der Waals surface area contributed by atoms with E-state index in [9.17, 15) is 0 Å². The number of hydrogen-bond acceptors (Lipinski definition) is 5. The fourth-order valence-electron chi connectivity index (χ4n) is 2.23. The molecule has 0 saturated heterocycles. The lowest BCUT2D eigenvalue weighted by Crippen LogP contribution is -1.94. The highest BCUT2D eigenvalue weighted by Crippen LogP contribution is 2.29. The number of fused-ring (bicyclic) bond motifs is 1. The van der Waals surface area contributed by atoms with Crippen molar-refractivity contribution >= 4 is 38.7 Å². The Kier molecular flexibility index (Phi) is 3.48. The van der Waals surface area contributed by atoms with Gasteiger partial charge in [0.2, 0.25) is 10.1 Å². The summed E-state index contributed by atoms with van der Waals surface area (Å²) in [5.74, 6) is 0.725. The fourth-order valence-corrected chi connectivity index (χ4v) is 3.16. The molecule has 5 nitrogen and oxygen atoms in total. The van der Waals surface area contributed by atoms with Crippen molar-refractivity contribution in [2.75, 3.05) is 5.32 Å². The molecular formula is C16H12ClN5S. The Balaban J connectivity index is 1.72. The highest BCUT2D eigenvalue weighted by atomic mass is 35.5. The average molecular weight is 342 g/mol. The number of aryl methyl sites for hydroxylation is 1. The van der Waals surface area contributed by atoms with Crippen molar-refractivity contribution in [3.63, 3.8) is 0 Å². The van der Waals surface area contributed by atoms with E-state index in [1.807, 2.05) is 48.5 Å². The van der Waals surface area contributed by atoms with E-state index in [4.69, 9.17) is 11.6 Å². The first-order chi connectivity index (χ1) is 11.2. The molecule has 0 unspecified atom stereocenters. The Morgan fingerprint density at radius 3 is 2.61 bits per heavy atom. The first-order valence-corrected chi connectivity index (χ1v) is 8.21. The molecular weight excluding hydrogens is 330 g/mol. The fraction of sp³-hybridized carbons (Fsp3) is 0.0625. The molecule has 1 N–H and O–H groups in total. The summed E-state index contributed by atoms with van der Waals surface area (Å²) in [6.07, 6.45) is 0. The van der Waals surface area contributed by atoms with E-state index >= 15 is 0 Å². The summed E-state index contributed by atoms with van der Waals surface area (Å²) in [5.41, 5.74) is 3.00. The third-order valence-electron chi connectivity index (χ3n) is 3.42. The summed E-state index contributed by atoms with van der Waals surface area (Å²) < 4.78 is 1.74. The van der Waals surface area contributed by atoms with Crippen LogP contribution >= 0.6 is 22.9 Å². The van der Waals surface area contributed by atoms with Crippen LogP contribution in [0.4, 0.5) is 10.8 Å². The standard InChI is InChI=1S/C16H12ClN5S/c1-10-6-8-11(9-7-10)14-19-20-16-22(14)21-15(23-16)18-13-5-3-2-4-12(13)17/h2-9H,1H3,(H,18,21). The van der Waals surface area contributed by atoms with Crippen molar-refractivity contribution in [1.82, 2.24) is 19.8 Å². The molecule has 0 spiro atoms. The molecule has 0 amide bonds. The molecule has 4 aromatic rings. The molecule has 2 aromatic heterocycles. The van der Waals surface area contributed by atoms with Crippen LogP contribution < -0.4 is 5.32 Å². The Morgan fingerprint density at radius 1 is 1.04 bits per heavy atom. The highest BCUT2D eigenvalue weighted by Gasteiger charge is 2.13. The molecule has 0 atom stereocenters. The molecule has 0 saturated carbocycles. The van der Waals surface area contributed by atoms with Gasteiger partial charge in [-0.25, -0.2) is 0 Å². The maximum Gasteiger partial charge on any atom is 0.236 e. The average Bonchev–Trinajstić information content (AvgIpc) is 3.11. The van der Waals surface area contributed by atoms with Crippen LogP contribution in [0.1, 0.15) is 5.56 Å². The van der Waals surface area contributed by atoms with Gasteiger partial charge in [-0.1, -0.05) is 64.9 Å². The molecule has 0 bridgehead atoms. The summed E-state index contributed by atoms with van der Waals surface area (Å²) in [6.45, 7) is 2.05. The van der Waals surface area contributed by atoms with Crippen molar-refractivity contribution in [3.05, 3.63) is 59.1 Å². The monoisotopic (exact) mass is 341 g/mol. The Bertz CT molecular complexity index is 974. The van der Waals surface area contributed by atoms with Crippen LogP contribution in [0.2, 0.25) is 5.02 Å². The summed E-state index contributed by atoms with van der Waals surface area (Å²) >= 11 is 7.60. The van der Waals surface area contributed by atoms with Crippen molar-refractivity contribution < 1.29 is 0 Å². The van der Waals surface area contributed by atoms with Crippen molar-refractivity contribution in [3.8, 4) is 11.4 Å². The van der Waals surface area contributed by atoms with E-state index in [-0.39, 0.29) is 0 Å². The summed E-state index contributed by atoms with van der Waals surface area (Å²) in [5, 5.41) is 17.6. The second kappa shape index (κ2) is 5.64. The van der Waals surface area contributed by atoms with Gasteiger partial charge in [-0.05, 0) is 19.1 Å². The van der Waals surface area contributed by atoms with Crippen LogP contribution in [0, 0.1) is 6.92 Å². The first kappa shape index (κ1) is 14.2. The summed E-state index contributed by atoms with van der Waals surface area (Å²) in [6, 6.07) is 15.7. The number of nitrogens with one attached hydrogen (secondary N) is 1. The van der Waals surface area contributed by atoms with E-state index in [1.54, 1.807) is 4.52 Å². The predicted octanol–water partition coefficient (Wildman–Crippen LogP) is 4.56. The topological polar surface area (TPSA) is 55.1 Å². The third kappa shape index (κ3) is 2.67. The minimum absolute atomic E-state index is 0.650. The minimum atomic E-state index is 0.650. The minimum Gasteiger partial charge on any atom is -0.329 e. The third-order valence-corrected chi connectivity index (χ3v) is 4.56. The molecule has 0 fully saturated rings. The van der Waals surface area contributed by atoms with Gasteiger partial charge in [0.25, 0.3) is 0 Å². The molecule has 7 heteroatoms. The second-order valence-corrected chi connectivity index (χ2v) is 6.46. The molecule has 0 aliphatic heterocycles. The number of halogens is 1. The lowest BCUT2D eigenvalue weighted by Gasteiger charge is -2.03. The Morgan fingerprint density at radius 2 is 1.83 bits per heavy atom. The zero-order valence-electron chi connectivity index (χ0n) is 12.2. The number of rotatable bonds is 3. The molecule has 2 heterocycles. The van der Waals surface area contributed by atoms with Crippen LogP contribution in [0.3, 0.4) is 0 Å². The lowest BCUT2D eigenvalue weighted by atomic mass is 10.1. The predicted molar refractivity (Wildman–Crippen MR) is 93.6 cm³/mol. The van der Waals surface area contributed by atoms with E-state index in [2.05, 4.69) is 27.5 Å². The van der Waals surface area contributed by atoms with Crippen molar-refractivity contribution in [2.45, 2.75) is 6.92 Å². The van der Waals surface area contributed by atoms with Gasteiger partial charge in [-0.2, -0.15) is 4.52 Å². The number of nitrogens with zero attached hydrogens (tertiary/aromatic N) is 4. The quantitative estimate of drug-likeness (QED) is 0.593. The molecule has 0 aliphatic rings. The van der Waals surface area contributed by atoms with Gasteiger partial charge >= 0.3 is 0 Å². The normalized spacial score (nSPS) is 11.0. The van der Waals surface area contributed by atoms with Crippen LogP contribution in [0.25, 0.3) is 16.3 Å². The zero-order chi connectivity index (χ0) is 15.8. The second-order valence-electron chi connectivity index (χ2n) is 5.10. The number of hydrogen-bond donors (Lipinski definition) is 1. The first-order valence-electron chi connectivity index (χ1n) is 7.01. The molecule has 4 rings (SSSR count). The van der Waals surface area contributed by atoms with Crippen molar-refractivity contribution in [1.29, 1.82) is 0 Å². The number of para-hydroxylation sites is 1. The van der Waals surface area contributed by atoms with Gasteiger partial charge < -0.3 is 5.32 Å². The van der Waals surface area contributed by atoms with Crippen LogP contribution in [-0.4, -0.2) is 19.8 Å². The summed E-state index contributed by atoms with van der Waals surface area (Å²) in [4.78, 5) is 0.732. The molecule has 0 radical (unpaired) electrons. The smallest absolute Gasteiger partial charge is 0.236 e.